The van der Waals surface area contributed by atoms with Gasteiger partial charge in [-0.2, -0.15) is 16.3 Å². The Morgan fingerprint density at radius 1 is 1.35 bits per heavy atom. The molecule has 0 amide bonds. The summed E-state index contributed by atoms with van der Waals surface area (Å²) in [6.07, 6.45) is 0. The lowest BCUT2D eigenvalue weighted by Crippen LogP contribution is -1.97. The molecular weight excluding hydrogens is 347 g/mol. The van der Waals surface area contributed by atoms with E-state index in [-0.39, 0.29) is 12.4 Å². The van der Waals surface area contributed by atoms with Gasteiger partial charge in [-0.15, -0.1) is 0 Å². The lowest BCUT2D eigenvalue weighted by Gasteiger charge is -2.04. The third kappa shape index (κ3) is 2.88. The van der Waals surface area contributed by atoms with Crippen LogP contribution in [0.25, 0.3) is 11.4 Å². The number of benzene rings is 1. The van der Waals surface area contributed by atoms with E-state index in [1.165, 1.54) is 12.1 Å². The second kappa shape index (κ2) is 5.72. The number of hydrogen-bond acceptors (Lipinski definition) is 5. The quantitative estimate of drug-likeness (QED) is 0.701. The first kappa shape index (κ1) is 13.3. The highest BCUT2D eigenvalue weighted by atomic mass is 79.9. The van der Waals surface area contributed by atoms with Gasteiger partial charge in [-0.25, -0.2) is 4.39 Å². The third-order valence-electron chi connectivity index (χ3n) is 2.49. The smallest absolute Gasteiger partial charge is 0.264 e. The molecule has 0 aliphatic rings. The predicted molar refractivity (Wildman–Crippen MR) is 76.0 cm³/mol. The van der Waals surface area contributed by atoms with Gasteiger partial charge in [-0.1, -0.05) is 21.1 Å². The molecule has 3 aromatic rings. The summed E-state index contributed by atoms with van der Waals surface area (Å²) in [6.45, 7) is 0.0235. The number of rotatable bonds is 4. The van der Waals surface area contributed by atoms with Crippen LogP contribution in [0.3, 0.4) is 0 Å². The van der Waals surface area contributed by atoms with Crippen molar-refractivity contribution in [1.29, 1.82) is 0 Å². The first-order valence-corrected chi connectivity index (χ1v) is 7.39. The summed E-state index contributed by atoms with van der Waals surface area (Å²) < 4.78 is 24.6. The van der Waals surface area contributed by atoms with Gasteiger partial charge in [0, 0.05) is 15.4 Å². The Morgan fingerprint density at radius 2 is 2.25 bits per heavy atom. The summed E-state index contributed by atoms with van der Waals surface area (Å²) in [5.41, 5.74) is 0.889. The molecule has 0 N–H and O–H groups in total. The van der Waals surface area contributed by atoms with Crippen LogP contribution in [0.2, 0.25) is 0 Å². The fourth-order valence-electron chi connectivity index (χ4n) is 1.55. The highest BCUT2D eigenvalue weighted by molar-refractivity contribution is 9.10. The van der Waals surface area contributed by atoms with Crippen LogP contribution in [0.1, 0.15) is 5.89 Å². The Hall–Kier alpha value is -1.73. The van der Waals surface area contributed by atoms with E-state index < -0.39 is 5.82 Å². The van der Waals surface area contributed by atoms with E-state index in [0.29, 0.717) is 16.2 Å². The molecule has 4 nitrogen and oxygen atoms in total. The lowest BCUT2D eigenvalue weighted by atomic mass is 10.3. The van der Waals surface area contributed by atoms with Crippen molar-refractivity contribution in [2.45, 2.75) is 6.61 Å². The van der Waals surface area contributed by atoms with Gasteiger partial charge in [0.05, 0.1) is 0 Å². The molecule has 2 heterocycles. The molecule has 3 rings (SSSR count). The average molecular weight is 355 g/mol. The van der Waals surface area contributed by atoms with E-state index in [4.69, 9.17) is 9.26 Å². The first-order valence-electron chi connectivity index (χ1n) is 5.65. The van der Waals surface area contributed by atoms with Crippen molar-refractivity contribution in [3.05, 3.63) is 51.2 Å². The Bertz CT molecular complexity index is 715. The largest absolute Gasteiger partial charge is 0.481 e. The zero-order valence-electron chi connectivity index (χ0n) is 10.0. The maximum atomic E-state index is 13.6. The van der Waals surface area contributed by atoms with Gasteiger partial charge in [0.25, 0.3) is 5.89 Å². The number of aromatic nitrogens is 2. The normalized spacial score (nSPS) is 10.7. The van der Waals surface area contributed by atoms with Crippen LogP contribution in [0.4, 0.5) is 4.39 Å². The first-order chi connectivity index (χ1) is 9.72. The van der Waals surface area contributed by atoms with Gasteiger partial charge in [0.2, 0.25) is 5.82 Å². The van der Waals surface area contributed by atoms with E-state index >= 15 is 0 Å². The van der Waals surface area contributed by atoms with Crippen LogP contribution >= 0.6 is 27.3 Å². The van der Waals surface area contributed by atoms with Crippen molar-refractivity contribution in [1.82, 2.24) is 10.1 Å². The van der Waals surface area contributed by atoms with Gasteiger partial charge in [-0.05, 0) is 29.6 Å². The lowest BCUT2D eigenvalue weighted by molar-refractivity contribution is 0.234. The second-order valence-corrected chi connectivity index (χ2v) is 5.58. The van der Waals surface area contributed by atoms with Gasteiger partial charge < -0.3 is 9.26 Å². The number of halogens is 2. The minimum Gasteiger partial charge on any atom is -0.481 e. The van der Waals surface area contributed by atoms with E-state index in [2.05, 4.69) is 26.1 Å². The number of thiophene rings is 1. The Kier molecular flexibility index (Phi) is 3.79. The number of hydrogen-bond donors (Lipinski definition) is 0. The Morgan fingerprint density at radius 3 is 3.00 bits per heavy atom. The molecule has 0 atom stereocenters. The molecule has 0 saturated carbocycles. The molecule has 0 aliphatic heterocycles. The zero-order chi connectivity index (χ0) is 13.9. The monoisotopic (exact) mass is 354 g/mol. The molecule has 2 aromatic heterocycles. The van der Waals surface area contributed by atoms with E-state index in [9.17, 15) is 4.39 Å². The molecule has 0 saturated heterocycles. The van der Waals surface area contributed by atoms with Crippen molar-refractivity contribution < 1.29 is 13.7 Å². The van der Waals surface area contributed by atoms with Crippen LogP contribution in [0.15, 0.2) is 44.0 Å². The van der Waals surface area contributed by atoms with Crippen molar-refractivity contribution in [2.75, 3.05) is 0 Å². The Balaban J connectivity index is 1.70. The van der Waals surface area contributed by atoms with Crippen LogP contribution < -0.4 is 4.74 Å². The maximum absolute atomic E-state index is 13.6. The molecule has 1 aromatic carbocycles. The highest BCUT2D eigenvalue weighted by Gasteiger charge is 2.11. The molecule has 20 heavy (non-hydrogen) atoms. The van der Waals surface area contributed by atoms with Gasteiger partial charge >= 0.3 is 0 Å². The molecule has 0 bridgehead atoms. The topological polar surface area (TPSA) is 48.2 Å². The standard InChI is InChI=1S/C13H8BrFN2O2S/c14-9-1-2-11(10(15)5-9)18-6-12-16-13(17-19-12)8-3-4-20-7-8/h1-5,7H,6H2. The molecule has 102 valence electrons. The van der Waals surface area contributed by atoms with E-state index in [1.54, 1.807) is 17.4 Å². The predicted octanol–water partition coefficient (Wildman–Crippen LogP) is 4.28. The van der Waals surface area contributed by atoms with Crippen LogP contribution in [0.5, 0.6) is 5.75 Å². The number of ether oxygens (including phenoxy) is 1. The molecule has 0 fully saturated rings. The molecular formula is C13H8BrFN2O2S. The minimum absolute atomic E-state index is 0.0235. The minimum atomic E-state index is -0.447. The molecule has 0 spiro atoms. The van der Waals surface area contributed by atoms with Crippen LogP contribution in [-0.2, 0) is 6.61 Å². The fourth-order valence-corrected chi connectivity index (χ4v) is 2.52. The van der Waals surface area contributed by atoms with Crippen molar-refractivity contribution in [3.63, 3.8) is 0 Å². The molecule has 0 aliphatic carbocycles. The second-order valence-electron chi connectivity index (χ2n) is 3.89. The highest BCUT2D eigenvalue weighted by Crippen LogP contribution is 2.23. The summed E-state index contributed by atoms with van der Waals surface area (Å²) in [5.74, 6) is 0.495. The fraction of sp³-hybridized carbons (Fsp3) is 0.0769. The average Bonchev–Trinajstić information content (AvgIpc) is 3.08. The van der Waals surface area contributed by atoms with Crippen LogP contribution in [-0.4, -0.2) is 10.1 Å². The van der Waals surface area contributed by atoms with E-state index in [0.717, 1.165) is 5.56 Å². The SMILES string of the molecule is Fc1cc(Br)ccc1OCc1nc(-c2ccsc2)no1. The zero-order valence-corrected chi connectivity index (χ0v) is 12.4. The van der Waals surface area contributed by atoms with Crippen molar-refractivity contribution >= 4 is 27.3 Å². The van der Waals surface area contributed by atoms with Gasteiger partial charge in [-0.3, -0.25) is 0 Å². The summed E-state index contributed by atoms with van der Waals surface area (Å²) >= 11 is 4.73. The van der Waals surface area contributed by atoms with Crippen molar-refractivity contribution in [2.24, 2.45) is 0 Å². The summed E-state index contributed by atoms with van der Waals surface area (Å²) in [7, 11) is 0. The van der Waals surface area contributed by atoms with Gasteiger partial charge in [0.15, 0.2) is 18.2 Å². The van der Waals surface area contributed by atoms with Crippen LogP contribution in [0, 0.1) is 5.82 Å². The van der Waals surface area contributed by atoms with Gasteiger partial charge in [0.1, 0.15) is 0 Å². The third-order valence-corrected chi connectivity index (χ3v) is 3.67. The van der Waals surface area contributed by atoms with Crippen molar-refractivity contribution in [3.8, 4) is 17.1 Å². The molecule has 0 radical (unpaired) electrons. The molecule has 0 unspecified atom stereocenters. The maximum Gasteiger partial charge on any atom is 0.264 e. The summed E-state index contributed by atoms with van der Waals surface area (Å²) in [5, 5.41) is 7.70. The number of nitrogens with zero attached hydrogens (tertiary/aromatic N) is 2. The van der Waals surface area contributed by atoms with E-state index in [1.807, 2.05) is 16.8 Å². The summed E-state index contributed by atoms with van der Waals surface area (Å²) in [4.78, 5) is 4.19. The molecule has 7 heteroatoms. The summed E-state index contributed by atoms with van der Waals surface area (Å²) in [6, 6.07) is 6.47. The Labute approximate surface area is 126 Å².